The summed E-state index contributed by atoms with van der Waals surface area (Å²) < 4.78 is 0. The molecule has 3 nitrogen and oxygen atoms in total. The molecule has 3 aliphatic rings. The molecule has 0 amide bonds. The average molecular weight is 718 g/mol. The molecule has 1 heterocycles. The predicted molar refractivity (Wildman–Crippen MR) is 230 cm³/mol. The van der Waals surface area contributed by atoms with E-state index in [1.807, 2.05) is 66.7 Å². The molecule has 0 aliphatic heterocycles. The van der Waals surface area contributed by atoms with Crippen LogP contribution >= 0.6 is 0 Å². The van der Waals surface area contributed by atoms with E-state index in [0.717, 1.165) is 35.1 Å². The summed E-state index contributed by atoms with van der Waals surface area (Å²) in [6.45, 7) is 4.13. The smallest absolute Gasteiger partial charge is 0.164 e. The molecule has 7 aromatic rings. The molecule has 3 heteroatoms. The highest BCUT2D eigenvalue weighted by Gasteiger charge is 2.53. The molecule has 1 unspecified atom stereocenters. The average Bonchev–Trinajstić information content (AvgIpc) is 3.74. The van der Waals surface area contributed by atoms with Crippen LogP contribution in [0.2, 0.25) is 0 Å². The highest BCUT2D eigenvalue weighted by atomic mass is 15.0. The number of benzene rings is 6. The number of rotatable bonds is 8. The molecule has 0 saturated carbocycles. The fraction of sp³-hybridized carbons (Fsp3) is 0.0755. The zero-order valence-electron chi connectivity index (χ0n) is 31.0. The van der Waals surface area contributed by atoms with Crippen molar-refractivity contribution in [1.82, 2.24) is 15.0 Å². The molecule has 10 rings (SSSR count). The molecule has 56 heavy (non-hydrogen) atoms. The van der Waals surface area contributed by atoms with E-state index in [1.54, 1.807) is 0 Å². The van der Waals surface area contributed by atoms with Gasteiger partial charge in [0.05, 0.1) is 5.41 Å². The lowest BCUT2D eigenvalue weighted by Crippen LogP contribution is -2.29. The lowest BCUT2D eigenvalue weighted by Gasteiger charge is -2.35. The molecule has 0 N–H and O–H groups in total. The van der Waals surface area contributed by atoms with Crippen molar-refractivity contribution in [2.75, 3.05) is 0 Å². The summed E-state index contributed by atoms with van der Waals surface area (Å²) in [5, 5.41) is 0. The molecule has 1 spiro atoms. The summed E-state index contributed by atoms with van der Waals surface area (Å²) in [6, 6.07) is 55.8. The summed E-state index contributed by atoms with van der Waals surface area (Å²) >= 11 is 0. The Morgan fingerprint density at radius 3 is 1.61 bits per heavy atom. The van der Waals surface area contributed by atoms with E-state index in [-0.39, 0.29) is 11.3 Å². The Labute approximate surface area is 328 Å². The SMILES string of the molecule is C=C/C=C(\C/C=C\c1ccc(-c2nc(-c3ccccc3)nc(-c3ccccc3)n2)cc1)C1C=CC2=C(C1)C1(c3ccccc32)c2ccccc2-c2ccccc21. The minimum atomic E-state index is -0.290. The summed E-state index contributed by atoms with van der Waals surface area (Å²) in [4.78, 5) is 14.7. The third-order valence-electron chi connectivity index (χ3n) is 11.6. The molecule has 0 saturated heterocycles. The standard InChI is InChI=1S/C53H39N3/c1-2-16-37(22-15-17-36-29-31-40(32-30-36)52-55-50(38-18-5-3-6-19-38)54-51(56-52)39-20-7-4-8-21-39)41-33-34-45-44-25-11-14-28-48(44)53(49(45)35-41)46-26-12-9-23-42(46)43-24-10-13-27-47(43)53/h2-21,23-34,41H,1,22,35H2/b17-15-,37-16+. The van der Waals surface area contributed by atoms with Gasteiger partial charge < -0.3 is 0 Å². The van der Waals surface area contributed by atoms with Crippen molar-refractivity contribution in [2.45, 2.75) is 18.3 Å². The molecule has 0 radical (unpaired) electrons. The topological polar surface area (TPSA) is 38.7 Å². The van der Waals surface area contributed by atoms with E-state index in [9.17, 15) is 0 Å². The maximum absolute atomic E-state index is 4.91. The van der Waals surface area contributed by atoms with Crippen LogP contribution in [-0.2, 0) is 5.41 Å². The van der Waals surface area contributed by atoms with Crippen LogP contribution in [0.4, 0.5) is 0 Å². The lowest BCUT2D eigenvalue weighted by atomic mass is 9.66. The van der Waals surface area contributed by atoms with Gasteiger partial charge in [-0.3, -0.25) is 0 Å². The van der Waals surface area contributed by atoms with Gasteiger partial charge in [0, 0.05) is 22.6 Å². The van der Waals surface area contributed by atoms with Crippen molar-refractivity contribution < 1.29 is 0 Å². The molecule has 1 atom stereocenters. The first-order chi connectivity index (χ1) is 27.7. The second-order valence-corrected chi connectivity index (χ2v) is 14.7. The van der Waals surface area contributed by atoms with Crippen LogP contribution in [0.15, 0.2) is 206 Å². The van der Waals surface area contributed by atoms with Crippen molar-refractivity contribution >= 4 is 11.6 Å². The molecular formula is C53H39N3. The van der Waals surface area contributed by atoms with Gasteiger partial charge in [-0.1, -0.05) is 206 Å². The third-order valence-corrected chi connectivity index (χ3v) is 11.6. The van der Waals surface area contributed by atoms with Gasteiger partial charge in [-0.2, -0.15) is 0 Å². The number of hydrogen-bond acceptors (Lipinski definition) is 3. The molecule has 6 aromatic carbocycles. The highest BCUT2D eigenvalue weighted by Crippen LogP contribution is 2.64. The molecule has 3 aliphatic carbocycles. The number of allylic oxidation sites excluding steroid dienone is 8. The van der Waals surface area contributed by atoms with Crippen LogP contribution < -0.4 is 0 Å². The van der Waals surface area contributed by atoms with E-state index in [4.69, 9.17) is 15.0 Å². The van der Waals surface area contributed by atoms with Gasteiger partial charge in [0.2, 0.25) is 0 Å². The Bertz CT molecular complexity index is 2650. The van der Waals surface area contributed by atoms with E-state index < -0.39 is 0 Å². The first kappa shape index (κ1) is 33.6. The quantitative estimate of drug-likeness (QED) is 0.147. The minimum absolute atomic E-state index is 0.256. The minimum Gasteiger partial charge on any atom is -0.208 e. The fourth-order valence-corrected chi connectivity index (χ4v) is 9.14. The van der Waals surface area contributed by atoms with Crippen LogP contribution in [0.3, 0.4) is 0 Å². The first-order valence-corrected chi connectivity index (χ1v) is 19.4. The zero-order chi connectivity index (χ0) is 37.5. The van der Waals surface area contributed by atoms with Crippen LogP contribution in [0, 0.1) is 5.92 Å². The lowest BCUT2D eigenvalue weighted by molar-refractivity contribution is 0.639. The molecule has 0 bridgehead atoms. The monoisotopic (exact) mass is 717 g/mol. The van der Waals surface area contributed by atoms with Crippen molar-refractivity contribution in [3.63, 3.8) is 0 Å². The summed E-state index contributed by atoms with van der Waals surface area (Å²) in [5.41, 5.74) is 16.2. The van der Waals surface area contributed by atoms with E-state index >= 15 is 0 Å². The van der Waals surface area contributed by atoms with E-state index in [0.29, 0.717) is 17.5 Å². The Morgan fingerprint density at radius 2 is 1.05 bits per heavy atom. The van der Waals surface area contributed by atoms with Crippen LogP contribution in [0.1, 0.15) is 40.7 Å². The first-order valence-electron chi connectivity index (χ1n) is 19.4. The summed E-state index contributed by atoms with van der Waals surface area (Å²) in [7, 11) is 0. The second-order valence-electron chi connectivity index (χ2n) is 14.7. The number of fused-ring (bicyclic) bond motifs is 9. The normalized spacial score (nSPS) is 16.1. The molecular weight excluding hydrogens is 679 g/mol. The van der Waals surface area contributed by atoms with Gasteiger partial charge >= 0.3 is 0 Å². The van der Waals surface area contributed by atoms with Crippen molar-refractivity contribution in [1.29, 1.82) is 0 Å². The fourth-order valence-electron chi connectivity index (χ4n) is 9.14. The van der Waals surface area contributed by atoms with E-state index in [1.165, 1.54) is 50.1 Å². The van der Waals surface area contributed by atoms with Crippen molar-refractivity contribution in [2.24, 2.45) is 5.92 Å². The van der Waals surface area contributed by atoms with Gasteiger partial charge in [-0.05, 0) is 62.9 Å². The zero-order valence-corrected chi connectivity index (χ0v) is 31.0. The van der Waals surface area contributed by atoms with Gasteiger partial charge in [0.15, 0.2) is 17.5 Å². The largest absolute Gasteiger partial charge is 0.208 e. The molecule has 266 valence electrons. The number of hydrogen-bond donors (Lipinski definition) is 0. The van der Waals surface area contributed by atoms with Crippen LogP contribution in [0.5, 0.6) is 0 Å². The summed E-state index contributed by atoms with van der Waals surface area (Å²) in [5.74, 6) is 2.23. The summed E-state index contributed by atoms with van der Waals surface area (Å²) in [6.07, 6.45) is 15.2. The van der Waals surface area contributed by atoms with Crippen molar-refractivity contribution in [3.8, 4) is 45.3 Å². The van der Waals surface area contributed by atoms with Crippen molar-refractivity contribution in [3.05, 3.63) is 234 Å². The van der Waals surface area contributed by atoms with Gasteiger partial charge in [0.25, 0.3) is 0 Å². The maximum Gasteiger partial charge on any atom is 0.164 e. The molecule has 0 fully saturated rings. The third kappa shape index (κ3) is 5.55. The predicted octanol–water partition coefficient (Wildman–Crippen LogP) is 12.7. The Morgan fingerprint density at radius 1 is 0.571 bits per heavy atom. The number of aromatic nitrogens is 3. The van der Waals surface area contributed by atoms with Crippen LogP contribution in [0.25, 0.3) is 56.9 Å². The molecule has 1 aromatic heterocycles. The van der Waals surface area contributed by atoms with Gasteiger partial charge in [-0.15, -0.1) is 0 Å². The second kappa shape index (κ2) is 14.0. The van der Waals surface area contributed by atoms with Crippen LogP contribution in [-0.4, -0.2) is 15.0 Å². The number of nitrogens with zero attached hydrogens (tertiary/aromatic N) is 3. The van der Waals surface area contributed by atoms with Gasteiger partial charge in [0.1, 0.15) is 0 Å². The highest BCUT2D eigenvalue weighted by molar-refractivity contribution is 5.97. The maximum atomic E-state index is 4.91. The van der Waals surface area contributed by atoms with E-state index in [2.05, 4.69) is 134 Å². The van der Waals surface area contributed by atoms with Gasteiger partial charge in [-0.25, -0.2) is 15.0 Å². The Hall–Kier alpha value is -6.97. The Balaban J connectivity index is 0.927. The Kier molecular flexibility index (Phi) is 8.41.